The number of aliphatic carboxylic acids is 1. The van der Waals surface area contributed by atoms with E-state index >= 15 is 0 Å². The van der Waals surface area contributed by atoms with Crippen LogP contribution in [-0.4, -0.2) is 29.3 Å². The molecule has 0 bridgehead atoms. The molecule has 2 aromatic rings. The van der Waals surface area contributed by atoms with Crippen LogP contribution < -0.4 is 10.1 Å². The molecule has 0 radical (unpaired) electrons. The quantitative estimate of drug-likeness (QED) is 0.694. The first-order chi connectivity index (χ1) is 11.5. The average molecular weight is 329 g/mol. The fourth-order valence-electron chi connectivity index (χ4n) is 2.57. The highest BCUT2D eigenvalue weighted by Gasteiger charge is 2.24. The summed E-state index contributed by atoms with van der Waals surface area (Å²) in [5.41, 5.74) is 1.67. The second-order valence-electron chi connectivity index (χ2n) is 5.71. The number of benzene rings is 2. The van der Waals surface area contributed by atoms with Gasteiger partial charge in [-0.25, -0.2) is 0 Å². The third-order valence-corrected chi connectivity index (χ3v) is 4.01. The van der Waals surface area contributed by atoms with E-state index in [0.717, 1.165) is 5.56 Å². The number of hydrogen-bond acceptors (Lipinski definition) is 4. The van der Waals surface area contributed by atoms with Gasteiger partial charge < -0.3 is 14.9 Å². The van der Waals surface area contributed by atoms with Crippen molar-refractivity contribution >= 4 is 5.97 Å². The van der Waals surface area contributed by atoms with Crippen LogP contribution in [0.1, 0.15) is 36.6 Å². The van der Waals surface area contributed by atoms with Crippen molar-refractivity contribution in [3.05, 3.63) is 65.7 Å². The van der Waals surface area contributed by atoms with Gasteiger partial charge in [0.25, 0.3) is 0 Å². The summed E-state index contributed by atoms with van der Waals surface area (Å²) in [6.45, 7) is 1.91. The van der Waals surface area contributed by atoms with E-state index in [9.17, 15) is 15.0 Å². The lowest BCUT2D eigenvalue weighted by Gasteiger charge is -2.23. The van der Waals surface area contributed by atoms with Crippen molar-refractivity contribution in [3.8, 4) is 5.75 Å². The summed E-state index contributed by atoms with van der Waals surface area (Å²) in [7, 11) is 1.57. The molecule has 0 fully saturated rings. The zero-order chi connectivity index (χ0) is 17.5. The molecule has 5 heteroatoms. The van der Waals surface area contributed by atoms with Crippen LogP contribution in [0.5, 0.6) is 5.75 Å². The number of carbonyl (C=O) groups is 1. The molecule has 0 heterocycles. The van der Waals surface area contributed by atoms with Gasteiger partial charge in [-0.05, 0) is 30.2 Å². The van der Waals surface area contributed by atoms with E-state index in [1.807, 2.05) is 37.3 Å². The standard InChI is InChI=1S/C19H23NO4/c1-13(14-6-4-3-5-7-14)20-17(19(22)23)12-18(21)15-8-10-16(24-2)11-9-15/h3-11,13,17-18,20-21H,12H2,1-2H3,(H,22,23)/t13-,17-,18-/m1/s1. The van der Waals surface area contributed by atoms with E-state index in [1.165, 1.54) is 0 Å². The van der Waals surface area contributed by atoms with Gasteiger partial charge in [0, 0.05) is 12.5 Å². The first-order valence-corrected chi connectivity index (χ1v) is 7.87. The molecule has 0 saturated heterocycles. The predicted octanol–water partition coefficient (Wildman–Crippen LogP) is 2.92. The summed E-state index contributed by atoms with van der Waals surface area (Å²) in [6, 6.07) is 15.6. The van der Waals surface area contributed by atoms with Crippen molar-refractivity contribution in [2.24, 2.45) is 0 Å². The molecule has 0 spiro atoms. The molecule has 0 aromatic heterocycles. The number of ether oxygens (including phenoxy) is 1. The first kappa shape index (κ1) is 18.0. The molecule has 2 rings (SSSR count). The molecule has 0 unspecified atom stereocenters. The number of aliphatic hydroxyl groups excluding tert-OH is 1. The third-order valence-electron chi connectivity index (χ3n) is 4.01. The van der Waals surface area contributed by atoms with Crippen molar-refractivity contribution in [2.45, 2.75) is 31.5 Å². The first-order valence-electron chi connectivity index (χ1n) is 7.87. The fraction of sp³-hybridized carbons (Fsp3) is 0.316. The normalized spacial score (nSPS) is 14.6. The van der Waals surface area contributed by atoms with Crippen LogP contribution in [0.25, 0.3) is 0 Å². The largest absolute Gasteiger partial charge is 0.497 e. The number of carboxylic acids is 1. The molecule has 0 aliphatic rings. The van der Waals surface area contributed by atoms with Crippen LogP contribution in [0, 0.1) is 0 Å². The van der Waals surface area contributed by atoms with E-state index in [1.54, 1.807) is 31.4 Å². The maximum atomic E-state index is 11.5. The number of carboxylic acid groups (broad SMARTS) is 1. The van der Waals surface area contributed by atoms with Gasteiger partial charge in [-0.2, -0.15) is 0 Å². The maximum absolute atomic E-state index is 11.5. The number of methoxy groups -OCH3 is 1. The second-order valence-corrected chi connectivity index (χ2v) is 5.71. The van der Waals surface area contributed by atoms with Gasteiger partial charge in [0.05, 0.1) is 13.2 Å². The molecule has 3 atom stereocenters. The Balaban J connectivity index is 2.03. The van der Waals surface area contributed by atoms with Crippen molar-refractivity contribution < 1.29 is 19.7 Å². The van der Waals surface area contributed by atoms with Gasteiger partial charge in [0.1, 0.15) is 11.8 Å². The van der Waals surface area contributed by atoms with Crippen molar-refractivity contribution in [1.82, 2.24) is 5.32 Å². The maximum Gasteiger partial charge on any atom is 0.320 e. The molecule has 5 nitrogen and oxygen atoms in total. The summed E-state index contributed by atoms with van der Waals surface area (Å²) in [6.07, 6.45) is -0.786. The Morgan fingerprint density at radius 1 is 1.08 bits per heavy atom. The molecule has 24 heavy (non-hydrogen) atoms. The van der Waals surface area contributed by atoms with Crippen LogP contribution in [0.3, 0.4) is 0 Å². The lowest BCUT2D eigenvalue weighted by atomic mass is 10.00. The molecule has 128 valence electrons. The molecule has 0 aliphatic heterocycles. The highest BCUT2D eigenvalue weighted by molar-refractivity contribution is 5.73. The minimum Gasteiger partial charge on any atom is -0.497 e. The van der Waals surface area contributed by atoms with E-state index in [-0.39, 0.29) is 12.5 Å². The van der Waals surface area contributed by atoms with Gasteiger partial charge in [-0.1, -0.05) is 42.5 Å². The average Bonchev–Trinajstić information content (AvgIpc) is 2.61. The summed E-state index contributed by atoms with van der Waals surface area (Å²) in [4.78, 5) is 11.5. The Labute approximate surface area is 141 Å². The molecular weight excluding hydrogens is 306 g/mol. The lowest BCUT2D eigenvalue weighted by Crippen LogP contribution is -2.39. The summed E-state index contributed by atoms with van der Waals surface area (Å²) in [5.74, 6) is -0.290. The Bertz CT molecular complexity index is 642. The van der Waals surface area contributed by atoms with Crippen LogP contribution in [0.15, 0.2) is 54.6 Å². The second kappa shape index (κ2) is 8.47. The van der Waals surface area contributed by atoms with Crippen LogP contribution in [0.4, 0.5) is 0 Å². The monoisotopic (exact) mass is 329 g/mol. The van der Waals surface area contributed by atoms with Crippen LogP contribution in [0.2, 0.25) is 0 Å². The zero-order valence-corrected chi connectivity index (χ0v) is 13.8. The van der Waals surface area contributed by atoms with Gasteiger partial charge in [-0.3, -0.25) is 10.1 Å². The highest BCUT2D eigenvalue weighted by Crippen LogP contribution is 2.23. The lowest BCUT2D eigenvalue weighted by molar-refractivity contribution is -0.140. The number of hydrogen-bond donors (Lipinski definition) is 3. The minimum absolute atomic E-state index is 0.0822. The number of aliphatic hydroxyl groups is 1. The summed E-state index contributed by atoms with van der Waals surface area (Å²) in [5, 5.41) is 22.9. The van der Waals surface area contributed by atoms with Crippen LogP contribution >= 0.6 is 0 Å². The van der Waals surface area contributed by atoms with Gasteiger partial charge in [0.15, 0.2) is 0 Å². The summed E-state index contributed by atoms with van der Waals surface area (Å²) >= 11 is 0. The van der Waals surface area contributed by atoms with Crippen molar-refractivity contribution in [2.75, 3.05) is 7.11 Å². The summed E-state index contributed by atoms with van der Waals surface area (Å²) < 4.78 is 5.08. The fourth-order valence-corrected chi connectivity index (χ4v) is 2.57. The molecule has 2 aromatic carbocycles. The molecular formula is C19H23NO4. The Morgan fingerprint density at radius 3 is 2.25 bits per heavy atom. The minimum atomic E-state index is -0.981. The van der Waals surface area contributed by atoms with Crippen LogP contribution in [-0.2, 0) is 4.79 Å². The van der Waals surface area contributed by atoms with Crippen molar-refractivity contribution in [3.63, 3.8) is 0 Å². The predicted molar refractivity (Wildman–Crippen MR) is 92.0 cm³/mol. The van der Waals surface area contributed by atoms with Gasteiger partial charge in [-0.15, -0.1) is 0 Å². The molecule has 0 aliphatic carbocycles. The highest BCUT2D eigenvalue weighted by atomic mass is 16.5. The van der Waals surface area contributed by atoms with Gasteiger partial charge in [0.2, 0.25) is 0 Å². The third kappa shape index (κ3) is 4.81. The van der Waals surface area contributed by atoms with Gasteiger partial charge >= 0.3 is 5.97 Å². The molecule has 0 saturated carbocycles. The molecule has 0 amide bonds. The Hall–Kier alpha value is -2.37. The zero-order valence-electron chi connectivity index (χ0n) is 13.8. The topological polar surface area (TPSA) is 78.8 Å². The number of nitrogens with one attached hydrogen (secondary N) is 1. The van der Waals surface area contributed by atoms with E-state index < -0.39 is 18.1 Å². The van der Waals surface area contributed by atoms with Crippen molar-refractivity contribution in [1.29, 1.82) is 0 Å². The smallest absolute Gasteiger partial charge is 0.320 e. The Kier molecular flexibility index (Phi) is 6.35. The molecule has 3 N–H and O–H groups in total. The van der Waals surface area contributed by atoms with E-state index in [4.69, 9.17) is 4.74 Å². The SMILES string of the molecule is COc1ccc([C@H](O)C[C@@H](N[C@H](C)c2ccccc2)C(=O)O)cc1. The van der Waals surface area contributed by atoms with E-state index in [2.05, 4.69) is 5.32 Å². The Morgan fingerprint density at radius 2 is 1.71 bits per heavy atom. The van der Waals surface area contributed by atoms with E-state index in [0.29, 0.717) is 11.3 Å². The number of rotatable bonds is 8.